The van der Waals surface area contributed by atoms with Crippen LogP contribution in [0.5, 0.6) is 0 Å². The van der Waals surface area contributed by atoms with Gasteiger partial charge in [-0.05, 0) is 68.2 Å². The van der Waals surface area contributed by atoms with E-state index in [2.05, 4.69) is 19.9 Å². The van der Waals surface area contributed by atoms with Crippen LogP contribution in [0.3, 0.4) is 0 Å². The van der Waals surface area contributed by atoms with Gasteiger partial charge in [0, 0.05) is 22.8 Å². The third-order valence-electron chi connectivity index (χ3n) is 4.72. The zero-order chi connectivity index (χ0) is 21.7. The van der Waals surface area contributed by atoms with E-state index in [1.165, 1.54) is 34.5 Å². The van der Waals surface area contributed by atoms with Gasteiger partial charge in [-0.1, -0.05) is 17.5 Å². The fraction of sp³-hybridized carbons (Fsp3) is 0.286. The number of aromatic nitrogens is 3. The number of nitrogens with one attached hydrogen (secondary N) is 1. The van der Waals surface area contributed by atoms with E-state index >= 15 is 0 Å². The van der Waals surface area contributed by atoms with Crippen LogP contribution < -0.4 is 10.2 Å². The quantitative estimate of drug-likeness (QED) is 0.620. The molecule has 9 heteroatoms. The summed E-state index contributed by atoms with van der Waals surface area (Å²) >= 11 is 1.03. The normalized spacial score (nSPS) is 12.3. The number of amides is 2. The van der Waals surface area contributed by atoms with Crippen molar-refractivity contribution in [1.82, 2.24) is 19.9 Å². The number of rotatable bonds is 7. The number of pyridine rings is 1. The van der Waals surface area contributed by atoms with Crippen LogP contribution in [-0.4, -0.2) is 31.9 Å². The molecule has 0 spiro atoms. The van der Waals surface area contributed by atoms with Gasteiger partial charge in [0.25, 0.3) is 5.91 Å². The molecule has 0 aliphatic heterocycles. The van der Waals surface area contributed by atoms with Crippen LogP contribution in [0.2, 0.25) is 0 Å². The second-order valence-corrected chi connectivity index (χ2v) is 7.94. The molecule has 0 unspecified atom stereocenters. The predicted octanol–water partition coefficient (Wildman–Crippen LogP) is 3.77. The lowest BCUT2D eigenvalue weighted by Crippen LogP contribution is -2.50. The molecule has 0 bridgehead atoms. The lowest BCUT2D eigenvalue weighted by molar-refractivity contribution is -0.124. The maximum atomic E-state index is 13.6. The van der Waals surface area contributed by atoms with Crippen molar-refractivity contribution >= 4 is 29.0 Å². The van der Waals surface area contributed by atoms with Crippen molar-refractivity contribution in [2.24, 2.45) is 0 Å². The third kappa shape index (κ3) is 4.85. The molecule has 3 aromatic rings. The minimum absolute atomic E-state index is 0.0906. The Morgan fingerprint density at radius 2 is 1.93 bits per heavy atom. The predicted molar refractivity (Wildman–Crippen MR) is 113 cm³/mol. The Bertz CT molecular complexity index is 994. The number of anilines is 1. The summed E-state index contributed by atoms with van der Waals surface area (Å²) < 4.78 is 17.3. The highest BCUT2D eigenvalue weighted by molar-refractivity contribution is 7.03. The maximum absolute atomic E-state index is 13.6. The average molecular weight is 428 g/mol. The molecule has 30 heavy (non-hydrogen) atoms. The van der Waals surface area contributed by atoms with Gasteiger partial charge in [0.15, 0.2) is 11.7 Å². The molecule has 0 saturated carbocycles. The first-order valence-electron chi connectivity index (χ1n) is 9.41. The molecule has 3 rings (SSSR count). The molecule has 0 fully saturated rings. The summed E-state index contributed by atoms with van der Waals surface area (Å²) in [6.45, 7) is 5.75. The second-order valence-electron chi connectivity index (χ2n) is 7.33. The maximum Gasteiger partial charge on any atom is 0.280 e. The Morgan fingerprint density at radius 1 is 1.20 bits per heavy atom. The first kappa shape index (κ1) is 21.5. The molecule has 1 atom stereocenters. The standard InChI is InChI=1S/C21H22FN5O2S/c1-4-21(2,3)24-19(28)18(16-7-5-6-12-23-16)27(15-10-8-14(22)9-11-15)20(29)17-13-30-26-25-17/h5-13,18H,4H2,1-3H3,(H,24,28)/t18-/m1/s1. The Hall–Kier alpha value is -3.20. The Morgan fingerprint density at radius 3 is 2.50 bits per heavy atom. The number of carbonyl (C=O) groups excluding carboxylic acids is 2. The van der Waals surface area contributed by atoms with Crippen LogP contribution in [0.25, 0.3) is 0 Å². The van der Waals surface area contributed by atoms with Gasteiger partial charge in [-0.15, -0.1) is 5.10 Å². The largest absolute Gasteiger partial charge is 0.349 e. The van der Waals surface area contributed by atoms with E-state index in [9.17, 15) is 14.0 Å². The monoisotopic (exact) mass is 427 g/mol. The average Bonchev–Trinajstić information content (AvgIpc) is 3.27. The summed E-state index contributed by atoms with van der Waals surface area (Å²) in [4.78, 5) is 32.4. The topological polar surface area (TPSA) is 88.1 Å². The lowest BCUT2D eigenvalue weighted by atomic mass is 10.00. The van der Waals surface area contributed by atoms with E-state index in [1.807, 2.05) is 20.8 Å². The molecule has 7 nitrogen and oxygen atoms in total. The van der Waals surface area contributed by atoms with E-state index in [1.54, 1.807) is 24.4 Å². The minimum Gasteiger partial charge on any atom is -0.349 e. The highest BCUT2D eigenvalue weighted by Gasteiger charge is 2.37. The van der Waals surface area contributed by atoms with Crippen LogP contribution in [0.4, 0.5) is 10.1 Å². The van der Waals surface area contributed by atoms with Crippen molar-refractivity contribution in [3.05, 3.63) is 71.2 Å². The Balaban J connectivity index is 2.14. The zero-order valence-electron chi connectivity index (χ0n) is 16.9. The van der Waals surface area contributed by atoms with Crippen LogP contribution in [0, 0.1) is 5.82 Å². The Labute approximate surface area is 178 Å². The van der Waals surface area contributed by atoms with E-state index in [0.29, 0.717) is 17.8 Å². The van der Waals surface area contributed by atoms with Crippen molar-refractivity contribution < 1.29 is 14.0 Å². The summed E-state index contributed by atoms with van der Waals surface area (Å²) in [6.07, 6.45) is 2.24. The number of hydrogen-bond acceptors (Lipinski definition) is 6. The summed E-state index contributed by atoms with van der Waals surface area (Å²) in [5, 5.41) is 8.35. The van der Waals surface area contributed by atoms with Crippen LogP contribution in [0.1, 0.15) is 49.4 Å². The van der Waals surface area contributed by atoms with E-state index in [4.69, 9.17) is 0 Å². The van der Waals surface area contributed by atoms with Gasteiger partial charge in [-0.3, -0.25) is 19.5 Å². The van der Waals surface area contributed by atoms with E-state index in [0.717, 1.165) is 11.5 Å². The molecule has 0 aliphatic carbocycles. The fourth-order valence-electron chi connectivity index (χ4n) is 2.78. The van der Waals surface area contributed by atoms with E-state index in [-0.39, 0.29) is 5.69 Å². The van der Waals surface area contributed by atoms with E-state index < -0.39 is 29.2 Å². The highest BCUT2D eigenvalue weighted by Crippen LogP contribution is 2.29. The first-order valence-corrected chi connectivity index (χ1v) is 10.2. The van der Waals surface area contributed by atoms with Gasteiger partial charge in [0.05, 0.1) is 5.69 Å². The summed E-state index contributed by atoms with van der Waals surface area (Å²) in [6, 6.07) is 9.41. The molecule has 1 aromatic carbocycles. The molecule has 2 aromatic heterocycles. The number of halogens is 1. The molecular formula is C21H22FN5O2S. The zero-order valence-corrected chi connectivity index (χ0v) is 17.7. The molecule has 0 saturated heterocycles. The smallest absolute Gasteiger partial charge is 0.280 e. The summed E-state index contributed by atoms with van der Waals surface area (Å²) in [5.41, 5.74) is 0.314. The highest BCUT2D eigenvalue weighted by atomic mass is 32.1. The molecule has 156 valence electrons. The van der Waals surface area contributed by atoms with Crippen molar-refractivity contribution in [3.8, 4) is 0 Å². The number of benzene rings is 1. The van der Waals surface area contributed by atoms with Crippen LogP contribution in [-0.2, 0) is 4.79 Å². The summed E-state index contributed by atoms with van der Waals surface area (Å²) in [7, 11) is 0. The van der Waals surface area contributed by atoms with Gasteiger partial charge in [-0.25, -0.2) is 4.39 Å². The molecule has 0 radical (unpaired) electrons. The van der Waals surface area contributed by atoms with Crippen molar-refractivity contribution in [2.45, 2.75) is 38.8 Å². The second kappa shape index (κ2) is 9.08. The molecule has 2 amide bonds. The van der Waals surface area contributed by atoms with Gasteiger partial charge >= 0.3 is 0 Å². The molecular weight excluding hydrogens is 405 g/mol. The van der Waals surface area contributed by atoms with Gasteiger partial charge in [0.2, 0.25) is 5.91 Å². The number of carbonyl (C=O) groups is 2. The minimum atomic E-state index is -1.09. The molecule has 0 aliphatic rings. The third-order valence-corrected chi connectivity index (χ3v) is 5.23. The molecule has 1 N–H and O–H groups in total. The van der Waals surface area contributed by atoms with Crippen LogP contribution in [0.15, 0.2) is 54.0 Å². The number of hydrogen-bond donors (Lipinski definition) is 1. The lowest BCUT2D eigenvalue weighted by Gasteiger charge is -2.33. The van der Waals surface area contributed by atoms with Crippen LogP contribution >= 0.6 is 11.5 Å². The van der Waals surface area contributed by atoms with Crippen molar-refractivity contribution in [1.29, 1.82) is 0 Å². The summed E-state index contributed by atoms with van der Waals surface area (Å²) in [5.74, 6) is -1.38. The van der Waals surface area contributed by atoms with Gasteiger partial charge in [0.1, 0.15) is 5.82 Å². The molecule has 2 heterocycles. The number of nitrogens with zero attached hydrogens (tertiary/aromatic N) is 4. The Kier molecular flexibility index (Phi) is 6.51. The fourth-order valence-corrected chi connectivity index (χ4v) is 3.21. The van der Waals surface area contributed by atoms with Gasteiger partial charge < -0.3 is 5.32 Å². The van der Waals surface area contributed by atoms with Crippen molar-refractivity contribution in [2.75, 3.05) is 4.90 Å². The van der Waals surface area contributed by atoms with Crippen molar-refractivity contribution in [3.63, 3.8) is 0 Å². The SMILES string of the molecule is CCC(C)(C)NC(=O)[C@@H](c1ccccn1)N(C(=O)c1csnn1)c1ccc(F)cc1. The van der Waals surface area contributed by atoms with Gasteiger partial charge in [-0.2, -0.15) is 0 Å². The first-order chi connectivity index (χ1) is 14.3.